The summed E-state index contributed by atoms with van der Waals surface area (Å²) in [7, 11) is 0. The van der Waals surface area contributed by atoms with Gasteiger partial charge in [-0.15, -0.1) is 11.3 Å². The molecule has 0 aliphatic carbocycles. The summed E-state index contributed by atoms with van der Waals surface area (Å²) < 4.78 is 2.80. The second-order valence-corrected chi connectivity index (χ2v) is 7.21. The molecule has 0 fully saturated rings. The van der Waals surface area contributed by atoms with E-state index in [1.54, 1.807) is 6.20 Å². The Hall–Kier alpha value is -0.100. The fraction of sp³-hybridized carbons (Fsp3) is 0.250. The molecule has 1 aromatic heterocycles. The topological polar surface area (TPSA) is 24.9 Å². The van der Waals surface area contributed by atoms with Crippen LogP contribution in [0.4, 0.5) is 5.69 Å². The van der Waals surface area contributed by atoms with Gasteiger partial charge in [0.05, 0.1) is 6.54 Å². The van der Waals surface area contributed by atoms with Crippen LogP contribution in [-0.4, -0.2) is 4.98 Å². The van der Waals surface area contributed by atoms with Crippen LogP contribution in [0.2, 0.25) is 4.47 Å². The van der Waals surface area contributed by atoms with E-state index in [-0.39, 0.29) is 0 Å². The van der Waals surface area contributed by atoms with Crippen LogP contribution in [0, 0.1) is 13.8 Å². The molecule has 0 saturated carbocycles. The molecule has 6 heteroatoms. The van der Waals surface area contributed by atoms with E-state index in [1.165, 1.54) is 22.5 Å². The predicted octanol–water partition coefficient (Wildman–Crippen LogP) is 5.55. The Labute approximate surface area is 132 Å². The van der Waals surface area contributed by atoms with E-state index in [0.29, 0.717) is 4.47 Å². The first-order valence-electron chi connectivity index (χ1n) is 5.28. The summed E-state index contributed by atoms with van der Waals surface area (Å²) in [6.45, 7) is 4.89. The second-order valence-electron chi connectivity index (χ2n) is 3.93. The summed E-state index contributed by atoms with van der Waals surface area (Å²) in [5, 5.41) is 3.40. The SMILES string of the molecule is Cc1cc(NCc2cnc(Cl)s2)c(Br)c(C)c1Br. The Morgan fingerprint density at radius 1 is 1.33 bits per heavy atom. The van der Waals surface area contributed by atoms with E-state index in [1.807, 2.05) is 0 Å². The van der Waals surface area contributed by atoms with Gasteiger partial charge in [-0.25, -0.2) is 4.98 Å². The molecule has 18 heavy (non-hydrogen) atoms. The highest BCUT2D eigenvalue weighted by molar-refractivity contribution is 9.11. The molecule has 0 amide bonds. The van der Waals surface area contributed by atoms with Crippen molar-refractivity contribution >= 4 is 60.5 Å². The molecular weight excluding hydrogens is 399 g/mol. The van der Waals surface area contributed by atoms with Crippen molar-refractivity contribution in [3.63, 3.8) is 0 Å². The smallest absolute Gasteiger partial charge is 0.183 e. The van der Waals surface area contributed by atoms with Crippen LogP contribution in [-0.2, 0) is 6.54 Å². The lowest BCUT2D eigenvalue weighted by molar-refractivity contribution is 1.16. The minimum atomic E-state index is 0.578. The first kappa shape index (κ1) is 14.3. The second kappa shape index (κ2) is 5.90. The Kier molecular flexibility index (Phi) is 4.69. The highest BCUT2D eigenvalue weighted by atomic mass is 79.9. The molecular formula is C12H11Br2ClN2S. The molecule has 0 spiro atoms. The van der Waals surface area contributed by atoms with Crippen LogP contribution in [0.15, 0.2) is 21.2 Å². The Balaban J connectivity index is 2.19. The van der Waals surface area contributed by atoms with Gasteiger partial charge in [0.25, 0.3) is 0 Å². The van der Waals surface area contributed by atoms with Gasteiger partial charge in [0.1, 0.15) is 0 Å². The summed E-state index contributed by atoms with van der Waals surface area (Å²) in [5.74, 6) is 0. The van der Waals surface area contributed by atoms with Crippen molar-refractivity contribution < 1.29 is 0 Å². The lowest BCUT2D eigenvalue weighted by Gasteiger charge is -2.13. The zero-order valence-corrected chi connectivity index (χ0v) is 14.6. The van der Waals surface area contributed by atoms with Crippen LogP contribution in [0.25, 0.3) is 0 Å². The average molecular weight is 411 g/mol. The van der Waals surface area contributed by atoms with Gasteiger partial charge in [-0.3, -0.25) is 0 Å². The van der Waals surface area contributed by atoms with Crippen molar-refractivity contribution in [2.75, 3.05) is 5.32 Å². The molecule has 0 aliphatic rings. The number of aryl methyl sites for hydroxylation is 1. The minimum absolute atomic E-state index is 0.578. The molecule has 1 N–H and O–H groups in total. The van der Waals surface area contributed by atoms with Gasteiger partial charge in [0, 0.05) is 25.7 Å². The third kappa shape index (κ3) is 3.07. The first-order chi connectivity index (χ1) is 8.49. The van der Waals surface area contributed by atoms with E-state index < -0.39 is 0 Å². The number of halogens is 3. The van der Waals surface area contributed by atoms with Crippen LogP contribution in [0.1, 0.15) is 16.0 Å². The van der Waals surface area contributed by atoms with Crippen LogP contribution in [0.5, 0.6) is 0 Å². The van der Waals surface area contributed by atoms with Gasteiger partial charge in [-0.1, -0.05) is 27.5 Å². The molecule has 0 aliphatic heterocycles. The summed E-state index contributed by atoms with van der Waals surface area (Å²) in [4.78, 5) is 5.14. The maximum atomic E-state index is 5.81. The quantitative estimate of drug-likeness (QED) is 0.718. The molecule has 2 aromatic rings. The summed E-state index contributed by atoms with van der Waals surface area (Å²) in [6.07, 6.45) is 1.80. The van der Waals surface area contributed by atoms with Crippen molar-refractivity contribution in [3.8, 4) is 0 Å². The monoisotopic (exact) mass is 408 g/mol. The van der Waals surface area contributed by atoms with Crippen molar-refractivity contribution in [2.45, 2.75) is 20.4 Å². The van der Waals surface area contributed by atoms with Gasteiger partial charge in [-0.05, 0) is 47.0 Å². The van der Waals surface area contributed by atoms with Gasteiger partial charge in [0.15, 0.2) is 4.47 Å². The normalized spacial score (nSPS) is 10.7. The molecule has 2 nitrogen and oxygen atoms in total. The number of aromatic nitrogens is 1. The summed E-state index contributed by atoms with van der Waals surface area (Å²) >= 11 is 14.5. The van der Waals surface area contributed by atoms with Gasteiger partial charge >= 0.3 is 0 Å². The fourth-order valence-electron chi connectivity index (χ4n) is 1.61. The third-order valence-electron chi connectivity index (χ3n) is 2.58. The summed E-state index contributed by atoms with van der Waals surface area (Å²) in [6, 6.07) is 2.11. The number of nitrogens with one attached hydrogen (secondary N) is 1. The zero-order valence-electron chi connectivity index (χ0n) is 9.85. The molecule has 0 radical (unpaired) electrons. The largest absolute Gasteiger partial charge is 0.379 e. The standard InChI is InChI=1S/C12H11Br2ClN2S/c1-6-3-9(11(14)7(2)10(6)13)16-4-8-5-17-12(15)18-8/h3,5,16H,4H2,1-2H3. The Bertz CT molecular complexity index is 584. The molecule has 0 atom stereocenters. The van der Waals surface area contributed by atoms with Gasteiger partial charge < -0.3 is 5.32 Å². The van der Waals surface area contributed by atoms with E-state index in [0.717, 1.165) is 26.1 Å². The van der Waals surface area contributed by atoms with Crippen LogP contribution >= 0.6 is 54.8 Å². The van der Waals surface area contributed by atoms with Gasteiger partial charge in [-0.2, -0.15) is 0 Å². The average Bonchev–Trinajstić information content (AvgIpc) is 2.75. The number of hydrogen-bond donors (Lipinski definition) is 1. The van der Waals surface area contributed by atoms with Gasteiger partial charge in [0.2, 0.25) is 0 Å². The number of benzene rings is 1. The lowest BCUT2D eigenvalue weighted by atomic mass is 10.1. The third-order valence-corrected chi connectivity index (χ3v) is 5.94. The molecule has 96 valence electrons. The maximum Gasteiger partial charge on any atom is 0.183 e. The number of anilines is 1. The highest BCUT2D eigenvalue weighted by Crippen LogP contribution is 2.34. The van der Waals surface area contributed by atoms with Crippen molar-refractivity contribution in [2.24, 2.45) is 0 Å². The maximum absolute atomic E-state index is 5.81. The number of thiazole rings is 1. The molecule has 0 bridgehead atoms. The lowest BCUT2D eigenvalue weighted by Crippen LogP contribution is -2.00. The van der Waals surface area contributed by atoms with E-state index >= 15 is 0 Å². The predicted molar refractivity (Wildman–Crippen MR) is 85.8 cm³/mol. The molecule has 0 saturated heterocycles. The highest BCUT2D eigenvalue weighted by Gasteiger charge is 2.09. The first-order valence-corrected chi connectivity index (χ1v) is 8.06. The number of hydrogen-bond acceptors (Lipinski definition) is 3. The fourth-order valence-corrected chi connectivity index (χ4v) is 3.56. The van der Waals surface area contributed by atoms with Crippen molar-refractivity contribution in [3.05, 3.63) is 41.7 Å². The zero-order chi connectivity index (χ0) is 13.3. The van der Waals surface area contributed by atoms with Crippen LogP contribution < -0.4 is 5.32 Å². The number of nitrogens with zero attached hydrogens (tertiary/aromatic N) is 1. The minimum Gasteiger partial charge on any atom is -0.379 e. The Morgan fingerprint density at radius 2 is 2.06 bits per heavy atom. The molecule has 0 unspecified atom stereocenters. The van der Waals surface area contributed by atoms with Crippen LogP contribution in [0.3, 0.4) is 0 Å². The van der Waals surface area contributed by atoms with Crippen molar-refractivity contribution in [1.29, 1.82) is 0 Å². The van der Waals surface area contributed by atoms with E-state index in [4.69, 9.17) is 11.6 Å². The van der Waals surface area contributed by atoms with E-state index in [9.17, 15) is 0 Å². The molecule has 1 aromatic carbocycles. The molecule has 1 heterocycles. The molecule has 2 rings (SSSR count). The van der Waals surface area contributed by atoms with E-state index in [2.05, 4.69) is 62.1 Å². The summed E-state index contributed by atoms with van der Waals surface area (Å²) in [5.41, 5.74) is 3.48. The number of rotatable bonds is 3. The van der Waals surface area contributed by atoms with Crippen molar-refractivity contribution in [1.82, 2.24) is 4.98 Å². The Morgan fingerprint density at radius 3 is 2.67 bits per heavy atom.